The average Bonchev–Trinajstić information content (AvgIpc) is 2.68. The van der Waals surface area contributed by atoms with E-state index in [-0.39, 0.29) is 36.2 Å². The number of carbonyl (C=O) groups is 1. The third-order valence-electron chi connectivity index (χ3n) is 4.67. The number of rotatable bonds is 6. The van der Waals surface area contributed by atoms with Crippen LogP contribution in [0.15, 0.2) is 35.3 Å². The molecule has 0 unspecified atom stereocenters. The van der Waals surface area contributed by atoms with Gasteiger partial charge in [0.15, 0.2) is 5.75 Å². The molecule has 2 aromatic heterocycles. The zero-order chi connectivity index (χ0) is 22.1. The topological polar surface area (TPSA) is 115 Å². The van der Waals surface area contributed by atoms with Crippen molar-refractivity contribution in [3.63, 3.8) is 0 Å². The summed E-state index contributed by atoms with van der Waals surface area (Å²) in [5, 5.41) is 22.2. The number of aromatic amines is 1. The normalized spacial score (nSPS) is 11.6. The molecule has 0 atom stereocenters. The molecule has 0 aliphatic rings. The van der Waals surface area contributed by atoms with Gasteiger partial charge in [-0.25, -0.2) is 8.78 Å². The quantitative estimate of drug-likeness (QED) is 0.491. The van der Waals surface area contributed by atoms with E-state index in [1.165, 1.54) is 18.3 Å². The van der Waals surface area contributed by atoms with Gasteiger partial charge < -0.3 is 20.5 Å². The standard InChI is InChI=1S/C21H21F2N3O4/c1-21(2,10-27)9-25-19(29)16-18(28)17-15(26-20(16)30)6-11(8-24-17)5-12-3-4-13(22)7-14(12)23/h3-4,6-8,27H,5,9-10H2,1-2H3,(H,25,29)(H2,26,28,30). The van der Waals surface area contributed by atoms with Crippen LogP contribution in [0.3, 0.4) is 0 Å². The molecule has 7 nitrogen and oxygen atoms in total. The number of hydrogen-bond acceptors (Lipinski definition) is 5. The molecule has 0 aliphatic heterocycles. The van der Waals surface area contributed by atoms with Gasteiger partial charge in [0.1, 0.15) is 22.7 Å². The Bertz CT molecular complexity index is 1170. The lowest BCUT2D eigenvalue weighted by atomic mass is 9.95. The summed E-state index contributed by atoms with van der Waals surface area (Å²) in [5.41, 5.74) is -0.962. The van der Waals surface area contributed by atoms with Crippen LogP contribution in [0, 0.1) is 17.0 Å². The minimum absolute atomic E-state index is 0.00416. The summed E-state index contributed by atoms with van der Waals surface area (Å²) in [4.78, 5) is 31.4. The fraction of sp³-hybridized carbons (Fsp3) is 0.286. The first-order valence-corrected chi connectivity index (χ1v) is 9.18. The number of benzene rings is 1. The molecule has 9 heteroatoms. The molecule has 0 saturated heterocycles. The van der Waals surface area contributed by atoms with Gasteiger partial charge in [-0.15, -0.1) is 0 Å². The predicted molar refractivity (Wildman–Crippen MR) is 106 cm³/mol. The number of H-pyrrole nitrogens is 1. The Hall–Kier alpha value is -3.33. The summed E-state index contributed by atoms with van der Waals surface area (Å²) in [7, 11) is 0. The second-order valence-electron chi connectivity index (χ2n) is 7.83. The number of pyridine rings is 2. The molecule has 0 fully saturated rings. The summed E-state index contributed by atoms with van der Waals surface area (Å²) < 4.78 is 26.9. The number of aliphatic hydroxyl groups excluding tert-OH is 1. The van der Waals surface area contributed by atoms with Crippen molar-refractivity contribution in [3.8, 4) is 5.75 Å². The van der Waals surface area contributed by atoms with Gasteiger partial charge in [-0.1, -0.05) is 19.9 Å². The van der Waals surface area contributed by atoms with Crippen LogP contribution in [0.5, 0.6) is 5.75 Å². The molecule has 3 rings (SSSR count). The SMILES string of the molecule is CC(C)(CO)CNC(=O)c1c(O)c2ncc(Cc3ccc(F)cc3F)cc2[nH]c1=O. The second-order valence-corrected chi connectivity index (χ2v) is 7.83. The predicted octanol–water partition coefficient (Wildman–Crippen LogP) is 2.25. The number of hydrogen-bond donors (Lipinski definition) is 4. The highest BCUT2D eigenvalue weighted by Gasteiger charge is 2.23. The maximum absolute atomic E-state index is 13.9. The molecule has 0 bridgehead atoms. The van der Waals surface area contributed by atoms with Crippen LogP contribution in [-0.2, 0) is 6.42 Å². The molecule has 4 N–H and O–H groups in total. The highest BCUT2D eigenvalue weighted by atomic mass is 19.1. The molecule has 1 amide bonds. The van der Waals surface area contributed by atoms with E-state index in [4.69, 9.17) is 0 Å². The van der Waals surface area contributed by atoms with Gasteiger partial charge in [-0.3, -0.25) is 14.6 Å². The molecule has 0 saturated carbocycles. The van der Waals surface area contributed by atoms with Crippen molar-refractivity contribution in [3.05, 3.63) is 69.1 Å². The number of aliphatic hydroxyl groups is 1. The van der Waals surface area contributed by atoms with E-state index in [1.54, 1.807) is 13.8 Å². The van der Waals surface area contributed by atoms with Crippen LogP contribution in [0.4, 0.5) is 8.78 Å². The van der Waals surface area contributed by atoms with E-state index in [1.807, 2.05) is 0 Å². The maximum Gasteiger partial charge on any atom is 0.265 e. The molecule has 0 aliphatic carbocycles. The largest absolute Gasteiger partial charge is 0.505 e. The zero-order valence-electron chi connectivity index (χ0n) is 16.4. The Kier molecular flexibility index (Phi) is 5.84. The molecule has 3 aromatic rings. The monoisotopic (exact) mass is 417 g/mol. The molecule has 0 radical (unpaired) electrons. The van der Waals surface area contributed by atoms with Crippen molar-refractivity contribution in [2.75, 3.05) is 13.2 Å². The summed E-state index contributed by atoms with van der Waals surface area (Å²) in [6.45, 7) is 3.37. The first-order chi connectivity index (χ1) is 14.1. The summed E-state index contributed by atoms with van der Waals surface area (Å²) in [6, 6.07) is 4.74. The Morgan fingerprint density at radius 3 is 2.67 bits per heavy atom. The lowest BCUT2D eigenvalue weighted by molar-refractivity contribution is 0.0907. The summed E-state index contributed by atoms with van der Waals surface area (Å²) in [5.74, 6) is -2.76. The minimum Gasteiger partial charge on any atom is -0.505 e. The third-order valence-corrected chi connectivity index (χ3v) is 4.67. The van der Waals surface area contributed by atoms with Crippen molar-refractivity contribution in [2.45, 2.75) is 20.3 Å². The van der Waals surface area contributed by atoms with Gasteiger partial charge in [0.2, 0.25) is 0 Å². The number of fused-ring (bicyclic) bond motifs is 1. The molecule has 158 valence electrons. The van der Waals surface area contributed by atoms with Gasteiger partial charge >= 0.3 is 0 Å². The van der Waals surface area contributed by atoms with Crippen molar-refractivity contribution in [1.29, 1.82) is 0 Å². The number of carbonyl (C=O) groups excluding carboxylic acids is 1. The maximum atomic E-state index is 13.9. The summed E-state index contributed by atoms with van der Waals surface area (Å²) in [6.07, 6.45) is 1.47. The first kappa shape index (κ1) is 21.4. The number of halogens is 2. The van der Waals surface area contributed by atoms with E-state index in [0.29, 0.717) is 5.56 Å². The van der Waals surface area contributed by atoms with Crippen LogP contribution in [0.25, 0.3) is 11.0 Å². The van der Waals surface area contributed by atoms with Crippen molar-refractivity contribution in [1.82, 2.24) is 15.3 Å². The Labute approximate surface area is 170 Å². The highest BCUT2D eigenvalue weighted by Crippen LogP contribution is 2.25. The van der Waals surface area contributed by atoms with Gasteiger partial charge in [0.25, 0.3) is 11.5 Å². The zero-order valence-corrected chi connectivity index (χ0v) is 16.4. The molecule has 2 heterocycles. The first-order valence-electron chi connectivity index (χ1n) is 9.18. The number of amides is 1. The van der Waals surface area contributed by atoms with Crippen LogP contribution >= 0.6 is 0 Å². The lowest BCUT2D eigenvalue weighted by Gasteiger charge is -2.21. The van der Waals surface area contributed by atoms with Gasteiger partial charge in [-0.2, -0.15) is 0 Å². The average molecular weight is 417 g/mol. The Morgan fingerprint density at radius 1 is 1.27 bits per heavy atom. The Balaban J connectivity index is 1.92. The van der Waals surface area contributed by atoms with Crippen LogP contribution in [0.2, 0.25) is 0 Å². The van der Waals surface area contributed by atoms with Crippen LogP contribution < -0.4 is 10.9 Å². The molecule has 30 heavy (non-hydrogen) atoms. The van der Waals surface area contributed by atoms with E-state index in [0.717, 1.165) is 12.1 Å². The third kappa shape index (κ3) is 4.46. The molecular weight excluding hydrogens is 396 g/mol. The second kappa shape index (κ2) is 8.19. The van der Waals surface area contributed by atoms with E-state index in [9.17, 15) is 28.6 Å². The lowest BCUT2D eigenvalue weighted by Crippen LogP contribution is -2.38. The van der Waals surface area contributed by atoms with Crippen molar-refractivity contribution < 1.29 is 23.8 Å². The fourth-order valence-corrected chi connectivity index (χ4v) is 2.86. The van der Waals surface area contributed by atoms with Gasteiger partial charge in [0.05, 0.1) is 5.52 Å². The van der Waals surface area contributed by atoms with E-state index >= 15 is 0 Å². The smallest absolute Gasteiger partial charge is 0.265 e. The van der Waals surface area contributed by atoms with Crippen LogP contribution in [-0.4, -0.2) is 39.2 Å². The van der Waals surface area contributed by atoms with Gasteiger partial charge in [-0.05, 0) is 23.3 Å². The Morgan fingerprint density at radius 2 is 2.00 bits per heavy atom. The number of aromatic nitrogens is 2. The number of nitrogens with one attached hydrogen (secondary N) is 2. The van der Waals surface area contributed by atoms with E-state index in [2.05, 4.69) is 15.3 Å². The molecule has 0 spiro atoms. The van der Waals surface area contributed by atoms with E-state index < -0.39 is 39.8 Å². The molecular formula is C21H21F2N3O4. The molecule has 1 aromatic carbocycles. The fourth-order valence-electron chi connectivity index (χ4n) is 2.86. The van der Waals surface area contributed by atoms with Crippen LogP contribution in [0.1, 0.15) is 35.3 Å². The minimum atomic E-state index is -0.814. The van der Waals surface area contributed by atoms with Crippen molar-refractivity contribution in [2.24, 2.45) is 5.41 Å². The highest BCUT2D eigenvalue weighted by molar-refractivity contribution is 6.01. The summed E-state index contributed by atoms with van der Waals surface area (Å²) >= 11 is 0. The number of nitrogens with zero attached hydrogens (tertiary/aromatic N) is 1. The number of aromatic hydroxyl groups is 1. The van der Waals surface area contributed by atoms with Gasteiger partial charge in [0, 0.05) is 37.3 Å². The van der Waals surface area contributed by atoms with Crippen molar-refractivity contribution >= 4 is 16.9 Å².